The molecule has 1 aromatic carbocycles. The molecule has 2 heterocycles. The Morgan fingerprint density at radius 2 is 2.11 bits per heavy atom. The zero-order valence-electron chi connectivity index (χ0n) is 15.9. The van der Waals surface area contributed by atoms with Crippen LogP contribution in [0.3, 0.4) is 0 Å². The summed E-state index contributed by atoms with van der Waals surface area (Å²) in [5.41, 5.74) is 1.56. The maximum atomic E-state index is 13.1. The molecule has 152 valence electrons. The van der Waals surface area contributed by atoms with E-state index in [1.54, 1.807) is 23.2 Å². The molecule has 0 aliphatic carbocycles. The Hall–Kier alpha value is -1.87. The molecule has 0 radical (unpaired) electrons. The molecule has 0 saturated carbocycles. The van der Waals surface area contributed by atoms with E-state index in [0.29, 0.717) is 11.6 Å². The van der Waals surface area contributed by atoms with Gasteiger partial charge in [0.25, 0.3) is 0 Å². The zero-order valence-corrected chi connectivity index (χ0v) is 17.5. The second-order valence-electron chi connectivity index (χ2n) is 7.01. The van der Waals surface area contributed by atoms with Crippen molar-refractivity contribution >= 4 is 27.5 Å². The number of halogens is 1. The number of carbonyl (C=O) groups is 1. The summed E-state index contributed by atoms with van der Waals surface area (Å²) in [6.45, 7) is 3.94. The fourth-order valence-electron chi connectivity index (χ4n) is 3.36. The molecule has 1 aliphatic rings. The highest BCUT2D eigenvalue weighted by Crippen LogP contribution is 2.25. The van der Waals surface area contributed by atoms with Crippen molar-refractivity contribution in [3.63, 3.8) is 0 Å². The molecule has 3 rings (SSSR count). The van der Waals surface area contributed by atoms with E-state index in [2.05, 4.69) is 9.97 Å². The number of hydrogen-bond acceptors (Lipinski definition) is 5. The number of amides is 1. The van der Waals surface area contributed by atoms with E-state index in [1.165, 1.54) is 23.9 Å². The molecular formula is C19H24FN3O3S2. The minimum absolute atomic E-state index is 0.0159. The number of hydrogen-bond donors (Lipinski definition) is 1. The highest BCUT2D eigenvalue weighted by atomic mass is 32.2. The number of sulfone groups is 1. The Kier molecular flexibility index (Phi) is 6.44. The summed E-state index contributed by atoms with van der Waals surface area (Å²) >= 11 is 1.28. The maximum absolute atomic E-state index is 13.1. The lowest BCUT2D eigenvalue weighted by Gasteiger charge is -2.33. The predicted molar refractivity (Wildman–Crippen MR) is 108 cm³/mol. The number of benzene rings is 1. The molecule has 1 amide bonds. The molecule has 28 heavy (non-hydrogen) atoms. The molecular weight excluding hydrogens is 401 g/mol. The first-order valence-corrected chi connectivity index (χ1v) is 12.0. The molecule has 1 N–H and O–H groups in total. The summed E-state index contributed by atoms with van der Waals surface area (Å²) in [5.74, 6) is -0.0197. The Morgan fingerprint density at radius 1 is 1.39 bits per heavy atom. The van der Waals surface area contributed by atoms with Crippen molar-refractivity contribution in [2.45, 2.75) is 43.9 Å². The number of nitrogens with one attached hydrogen (secondary N) is 1. The zero-order chi connectivity index (χ0) is 20.3. The lowest BCUT2D eigenvalue weighted by molar-refractivity contribution is -0.132. The first-order valence-electron chi connectivity index (χ1n) is 9.24. The van der Waals surface area contributed by atoms with Crippen LogP contribution in [-0.4, -0.2) is 58.5 Å². The predicted octanol–water partition coefficient (Wildman–Crippen LogP) is 3.12. The molecule has 1 fully saturated rings. The Balaban J connectivity index is 1.65. The van der Waals surface area contributed by atoms with Crippen LogP contribution in [0.1, 0.15) is 26.7 Å². The number of nitrogens with zero attached hydrogens (tertiary/aromatic N) is 2. The second kappa shape index (κ2) is 8.65. The van der Waals surface area contributed by atoms with E-state index >= 15 is 0 Å². The van der Waals surface area contributed by atoms with Crippen LogP contribution in [0.5, 0.6) is 0 Å². The average molecular weight is 426 g/mol. The van der Waals surface area contributed by atoms with E-state index in [9.17, 15) is 17.6 Å². The van der Waals surface area contributed by atoms with Gasteiger partial charge in [0.05, 0.1) is 29.1 Å². The van der Waals surface area contributed by atoms with Crippen LogP contribution in [0, 0.1) is 5.82 Å². The number of carbonyl (C=O) groups excluding carboxylic acids is 1. The quantitative estimate of drug-likeness (QED) is 0.689. The van der Waals surface area contributed by atoms with Crippen molar-refractivity contribution in [3.8, 4) is 11.3 Å². The van der Waals surface area contributed by atoms with E-state index in [-0.39, 0.29) is 41.1 Å². The number of H-pyrrole nitrogens is 1. The van der Waals surface area contributed by atoms with Crippen LogP contribution in [0.15, 0.2) is 35.6 Å². The SMILES string of the molecule is CCC(C)N(C(=O)CSc1ncc(-c2ccc(F)cc2)[nH]1)C1CCS(=O)(=O)C1. The lowest BCUT2D eigenvalue weighted by atomic mass is 10.1. The van der Waals surface area contributed by atoms with Crippen molar-refractivity contribution in [3.05, 3.63) is 36.3 Å². The first-order chi connectivity index (χ1) is 13.3. The second-order valence-corrected chi connectivity index (χ2v) is 10.2. The smallest absolute Gasteiger partial charge is 0.233 e. The lowest BCUT2D eigenvalue weighted by Crippen LogP contribution is -2.47. The van der Waals surface area contributed by atoms with Crippen LogP contribution in [0.2, 0.25) is 0 Å². The van der Waals surface area contributed by atoms with E-state index in [1.807, 2.05) is 13.8 Å². The standard InChI is InChI=1S/C19H24FN3O3S2/c1-3-13(2)23(16-8-9-28(25,26)12-16)18(24)11-27-19-21-10-17(22-19)14-4-6-15(20)7-5-14/h4-7,10,13,16H,3,8-9,11-12H2,1-2H3,(H,21,22). The number of aromatic amines is 1. The Morgan fingerprint density at radius 3 is 2.71 bits per heavy atom. The van der Waals surface area contributed by atoms with E-state index in [4.69, 9.17) is 0 Å². The molecule has 6 nitrogen and oxygen atoms in total. The Bertz CT molecular complexity index is 928. The summed E-state index contributed by atoms with van der Waals surface area (Å²) in [5, 5.41) is 0.593. The Labute approximate surface area is 168 Å². The fraction of sp³-hybridized carbons (Fsp3) is 0.474. The van der Waals surface area contributed by atoms with Crippen LogP contribution in [-0.2, 0) is 14.6 Å². The molecule has 2 aromatic rings. The highest BCUT2D eigenvalue weighted by Gasteiger charge is 2.36. The van der Waals surface area contributed by atoms with Crippen LogP contribution >= 0.6 is 11.8 Å². The van der Waals surface area contributed by atoms with Gasteiger partial charge in [-0.3, -0.25) is 4.79 Å². The summed E-state index contributed by atoms with van der Waals surface area (Å²) in [7, 11) is -3.06. The molecule has 1 aromatic heterocycles. The summed E-state index contributed by atoms with van der Waals surface area (Å²) < 4.78 is 36.7. The molecule has 9 heteroatoms. The van der Waals surface area contributed by atoms with Crippen molar-refractivity contribution in [1.29, 1.82) is 0 Å². The largest absolute Gasteiger partial charge is 0.335 e. The van der Waals surface area contributed by atoms with Crippen LogP contribution < -0.4 is 0 Å². The molecule has 1 saturated heterocycles. The first kappa shape index (κ1) is 20.9. The molecule has 1 aliphatic heterocycles. The molecule has 2 unspecified atom stereocenters. The van der Waals surface area contributed by atoms with Gasteiger partial charge >= 0.3 is 0 Å². The van der Waals surface area contributed by atoms with Gasteiger partial charge in [-0.2, -0.15) is 0 Å². The summed E-state index contributed by atoms with van der Waals surface area (Å²) in [6, 6.07) is 5.82. The molecule has 0 bridgehead atoms. The summed E-state index contributed by atoms with van der Waals surface area (Å²) in [6.07, 6.45) is 2.91. The van der Waals surface area contributed by atoms with E-state index in [0.717, 1.165) is 17.7 Å². The van der Waals surface area contributed by atoms with Gasteiger partial charge in [0, 0.05) is 12.1 Å². The summed E-state index contributed by atoms with van der Waals surface area (Å²) in [4.78, 5) is 22.0. The van der Waals surface area contributed by atoms with Crippen molar-refractivity contribution in [2.24, 2.45) is 0 Å². The van der Waals surface area contributed by atoms with Gasteiger partial charge in [-0.25, -0.2) is 17.8 Å². The minimum atomic E-state index is -3.06. The third-order valence-electron chi connectivity index (χ3n) is 5.00. The van der Waals surface area contributed by atoms with Gasteiger partial charge < -0.3 is 9.88 Å². The van der Waals surface area contributed by atoms with Crippen LogP contribution in [0.4, 0.5) is 4.39 Å². The van der Waals surface area contributed by atoms with Gasteiger partial charge in [-0.1, -0.05) is 18.7 Å². The topological polar surface area (TPSA) is 83.1 Å². The molecule has 2 atom stereocenters. The van der Waals surface area contributed by atoms with E-state index < -0.39 is 9.84 Å². The third-order valence-corrected chi connectivity index (χ3v) is 7.62. The number of thioether (sulfide) groups is 1. The van der Waals surface area contributed by atoms with Crippen molar-refractivity contribution < 1.29 is 17.6 Å². The average Bonchev–Trinajstić information content (AvgIpc) is 3.27. The van der Waals surface area contributed by atoms with Gasteiger partial charge in [0.1, 0.15) is 5.82 Å². The fourth-order valence-corrected chi connectivity index (χ4v) is 5.79. The number of aromatic nitrogens is 2. The monoisotopic (exact) mass is 425 g/mol. The third kappa shape index (κ3) is 4.94. The van der Waals surface area contributed by atoms with Crippen molar-refractivity contribution in [2.75, 3.05) is 17.3 Å². The number of imidazole rings is 1. The number of rotatable bonds is 7. The van der Waals surface area contributed by atoms with Gasteiger partial charge in [-0.05, 0) is 49.6 Å². The highest BCUT2D eigenvalue weighted by molar-refractivity contribution is 7.99. The normalized spacial score (nSPS) is 19.5. The maximum Gasteiger partial charge on any atom is 0.233 e. The van der Waals surface area contributed by atoms with Gasteiger partial charge in [0.2, 0.25) is 5.91 Å². The van der Waals surface area contributed by atoms with Gasteiger partial charge in [-0.15, -0.1) is 0 Å². The van der Waals surface area contributed by atoms with Crippen molar-refractivity contribution in [1.82, 2.24) is 14.9 Å². The minimum Gasteiger partial charge on any atom is -0.335 e. The van der Waals surface area contributed by atoms with Gasteiger partial charge in [0.15, 0.2) is 15.0 Å². The van der Waals surface area contributed by atoms with Crippen LogP contribution in [0.25, 0.3) is 11.3 Å². The molecule has 0 spiro atoms.